The Morgan fingerprint density at radius 2 is 1.79 bits per heavy atom. The first-order valence-corrected chi connectivity index (χ1v) is 10.5. The molecule has 154 valence electrons. The first-order chi connectivity index (χ1) is 12.9. The summed E-state index contributed by atoms with van der Waals surface area (Å²) in [6.07, 6.45) is -4.53. The van der Waals surface area contributed by atoms with E-state index in [1.54, 1.807) is 32.9 Å². The van der Waals surface area contributed by atoms with Crippen molar-refractivity contribution in [2.75, 3.05) is 5.32 Å². The summed E-state index contributed by atoms with van der Waals surface area (Å²) in [4.78, 5) is 12.5. The third kappa shape index (κ3) is 5.97. The van der Waals surface area contributed by atoms with Crippen LogP contribution in [0.5, 0.6) is 0 Å². The molecule has 7 nitrogen and oxygen atoms in total. The average molecular weight is 436 g/mol. The number of carbonyl (C=O) groups excluding carboxylic acids is 1. The lowest BCUT2D eigenvalue weighted by atomic mass is 10.0. The lowest BCUT2D eigenvalue weighted by Crippen LogP contribution is -2.44. The van der Waals surface area contributed by atoms with Gasteiger partial charge in [0.2, 0.25) is 26.1 Å². The van der Waals surface area contributed by atoms with Gasteiger partial charge >= 0.3 is 6.18 Å². The van der Waals surface area contributed by atoms with E-state index in [0.29, 0.717) is 0 Å². The van der Waals surface area contributed by atoms with Crippen molar-refractivity contribution in [2.45, 2.75) is 44.3 Å². The summed E-state index contributed by atoms with van der Waals surface area (Å²) in [5.74, 6) is -0.870. The van der Waals surface area contributed by atoms with E-state index in [1.807, 2.05) is 0 Å². The van der Waals surface area contributed by atoms with Crippen molar-refractivity contribution in [1.82, 2.24) is 14.9 Å². The SMILES string of the molecule is Cc1ccc(S(=O)(=O)NC(CC(C)C)C(=O)Nc2nnc(C(F)(F)F)s2)cc1. The summed E-state index contributed by atoms with van der Waals surface area (Å²) in [7, 11) is -4.00. The van der Waals surface area contributed by atoms with Crippen molar-refractivity contribution < 1.29 is 26.4 Å². The zero-order valence-corrected chi connectivity index (χ0v) is 16.9. The van der Waals surface area contributed by atoms with Gasteiger partial charge in [0.05, 0.1) is 4.90 Å². The fraction of sp³-hybridized carbons (Fsp3) is 0.438. The van der Waals surface area contributed by atoms with Crippen LogP contribution in [0.2, 0.25) is 0 Å². The van der Waals surface area contributed by atoms with Crippen molar-refractivity contribution in [1.29, 1.82) is 0 Å². The number of sulfonamides is 1. The quantitative estimate of drug-likeness (QED) is 0.694. The van der Waals surface area contributed by atoms with Crippen LogP contribution in [0.3, 0.4) is 0 Å². The van der Waals surface area contributed by atoms with Crippen LogP contribution in [-0.4, -0.2) is 30.6 Å². The van der Waals surface area contributed by atoms with Crippen LogP contribution in [0.1, 0.15) is 30.8 Å². The lowest BCUT2D eigenvalue weighted by Gasteiger charge is -2.19. The number of nitrogens with zero attached hydrogens (tertiary/aromatic N) is 2. The lowest BCUT2D eigenvalue weighted by molar-refractivity contribution is -0.138. The largest absolute Gasteiger partial charge is 0.445 e. The van der Waals surface area contributed by atoms with E-state index < -0.39 is 33.2 Å². The molecule has 0 aliphatic carbocycles. The van der Waals surface area contributed by atoms with Gasteiger partial charge < -0.3 is 0 Å². The molecule has 0 fully saturated rings. The van der Waals surface area contributed by atoms with Gasteiger partial charge in [-0.15, -0.1) is 10.2 Å². The molecular weight excluding hydrogens is 417 g/mol. The molecule has 1 heterocycles. The van der Waals surface area contributed by atoms with Gasteiger partial charge in [-0.3, -0.25) is 10.1 Å². The molecule has 1 aromatic heterocycles. The minimum Gasteiger partial charge on any atom is -0.299 e. The number of aryl methyl sites for hydroxylation is 1. The summed E-state index contributed by atoms with van der Waals surface area (Å²) >= 11 is 0.164. The molecule has 1 atom stereocenters. The summed E-state index contributed by atoms with van der Waals surface area (Å²) in [5.41, 5.74) is 0.868. The van der Waals surface area contributed by atoms with E-state index in [-0.39, 0.29) is 33.7 Å². The van der Waals surface area contributed by atoms with Crippen LogP contribution in [0.25, 0.3) is 0 Å². The summed E-state index contributed by atoms with van der Waals surface area (Å²) in [6.45, 7) is 5.37. The van der Waals surface area contributed by atoms with Gasteiger partial charge in [0.1, 0.15) is 6.04 Å². The Kier molecular flexibility index (Phi) is 6.78. The maximum absolute atomic E-state index is 12.6. The molecule has 0 radical (unpaired) electrons. The van der Waals surface area contributed by atoms with Crippen LogP contribution in [-0.2, 0) is 21.0 Å². The second kappa shape index (κ2) is 8.53. The van der Waals surface area contributed by atoms with Crippen molar-refractivity contribution in [3.8, 4) is 0 Å². The molecular formula is C16H19F3N4O3S2. The minimum atomic E-state index is -4.68. The van der Waals surface area contributed by atoms with E-state index in [0.717, 1.165) is 5.56 Å². The van der Waals surface area contributed by atoms with Crippen LogP contribution in [0, 0.1) is 12.8 Å². The monoisotopic (exact) mass is 436 g/mol. The second-order valence-corrected chi connectivity index (χ2v) is 9.21. The summed E-state index contributed by atoms with van der Waals surface area (Å²) < 4.78 is 65.3. The molecule has 28 heavy (non-hydrogen) atoms. The Hall–Kier alpha value is -2.05. The van der Waals surface area contributed by atoms with Gasteiger partial charge in [-0.1, -0.05) is 42.9 Å². The van der Waals surface area contributed by atoms with E-state index in [9.17, 15) is 26.4 Å². The van der Waals surface area contributed by atoms with Crippen molar-refractivity contribution >= 4 is 32.4 Å². The zero-order valence-electron chi connectivity index (χ0n) is 15.2. The number of amides is 1. The highest BCUT2D eigenvalue weighted by Crippen LogP contribution is 2.33. The van der Waals surface area contributed by atoms with E-state index in [4.69, 9.17) is 0 Å². The maximum Gasteiger partial charge on any atom is 0.445 e. The van der Waals surface area contributed by atoms with Gasteiger partial charge in [0.25, 0.3) is 0 Å². The van der Waals surface area contributed by atoms with Crippen LogP contribution < -0.4 is 10.0 Å². The average Bonchev–Trinajstić information content (AvgIpc) is 3.02. The number of hydrogen-bond donors (Lipinski definition) is 2. The van der Waals surface area contributed by atoms with Crippen molar-refractivity contribution in [3.63, 3.8) is 0 Å². The number of alkyl halides is 3. The zero-order chi connectivity index (χ0) is 21.1. The number of benzene rings is 1. The molecule has 0 spiro atoms. The molecule has 0 saturated heterocycles. The third-order valence-electron chi connectivity index (χ3n) is 3.55. The summed E-state index contributed by atoms with van der Waals surface area (Å²) in [5, 5.41) is 6.91. The van der Waals surface area contributed by atoms with Crippen LogP contribution in [0.15, 0.2) is 29.2 Å². The number of carbonyl (C=O) groups is 1. The topological polar surface area (TPSA) is 101 Å². The summed E-state index contributed by atoms with van der Waals surface area (Å²) in [6, 6.07) is 4.85. The van der Waals surface area contributed by atoms with Crippen molar-refractivity contribution in [2.24, 2.45) is 5.92 Å². The molecule has 2 rings (SSSR count). The number of halogens is 3. The van der Waals surface area contributed by atoms with E-state index >= 15 is 0 Å². The maximum atomic E-state index is 12.6. The Morgan fingerprint density at radius 1 is 1.18 bits per heavy atom. The van der Waals surface area contributed by atoms with Gasteiger partial charge in [0, 0.05) is 0 Å². The predicted molar refractivity (Wildman–Crippen MR) is 98.3 cm³/mol. The van der Waals surface area contributed by atoms with Gasteiger partial charge in [-0.25, -0.2) is 8.42 Å². The second-order valence-electron chi connectivity index (χ2n) is 6.52. The minimum absolute atomic E-state index is 0.0186. The predicted octanol–water partition coefficient (Wildman–Crippen LogP) is 3.20. The highest BCUT2D eigenvalue weighted by molar-refractivity contribution is 7.89. The number of nitrogens with one attached hydrogen (secondary N) is 2. The van der Waals surface area contributed by atoms with Crippen LogP contribution >= 0.6 is 11.3 Å². The first kappa shape index (κ1) is 22.2. The normalized spacial score (nSPS) is 13.5. The van der Waals surface area contributed by atoms with E-state index in [2.05, 4.69) is 20.2 Å². The Labute approximate surface area is 164 Å². The molecule has 12 heteroatoms. The number of aromatic nitrogens is 2. The first-order valence-electron chi connectivity index (χ1n) is 8.19. The fourth-order valence-corrected chi connectivity index (χ4v) is 4.06. The highest BCUT2D eigenvalue weighted by atomic mass is 32.2. The van der Waals surface area contributed by atoms with Crippen LogP contribution in [0.4, 0.5) is 18.3 Å². The number of hydrogen-bond acceptors (Lipinski definition) is 6. The fourth-order valence-electron chi connectivity index (χ4n) is 2.23. The Balaban J connectivity index is 2.19. The molecule has 1 unspecified atom stereocenters. The standard InChI is InChI=1S/C16H19F3N4O3S2/c1-9(2)8-12(23-28(25,26)11-6-4-10(3)5-7-11)13(24)20-15-22-21-14(27-15)16(17,18)19/h4-7,9,12,23H,8H2,1-3H3,(H,20,22,24). The Morgan fingerprint density at radius 3 is 2.29 bits per heavy atom. The molecule has 1 amide bonds. The molecule has 0 saturated carbocycles. The molecule has 2 N–H and O–H groups in total. The highest BCUT2D eigenvalue weighted by Gasteiger charge is 2.36. The molecule has 0 aliphatic rings. The van der Waals surface area contributed by atoms with Gasteiger partial charge in [-0.2, -0.15) is 17.9 Å². The smallest absolute Gasteiger partial charge is 0.299 e. The molecule has 0 aliphatic heterocycles. The van der Waals surface area contributed by atoms with Gasteiger partial charge in [0.15, 0.2) is 0 Å². The van der Waals surface area contributed by atoms with Crippen molar-refractivity contribution in [3.05, 3.63) is 34.8 Å². The van der Waals surface area contributed by atoms with E-state index in [1.165, 1.54) is 12.1 Å². The molecule has 1 aromatic carbocycles. The number of rotatable bonds is 7. The third-order valence-corrected chi connectivity index (χ3v) is 5.92. The van der Waals surface area contributed by atoms with Gasteiger partial charge in [-0.05, 0) is 31.4 Å². The Bertz CT molecular complexity index is 925. The number of anilines is 1. The molecule has 2 aromatic rings. The molecule has 0 bridgehead atoms.